The van der Waals surface area contributed by atoms with Crippen LogP contribution in [0.1, 0.15) is 5.56 Å². The second-order valence-corrected chi connectivity index (χ2v) is 6.09. The number of halogens is 1. The van der Waals surface area contributed by atoms with Gasteiger partial charge >= 0.3 is 0 Å². The van der Waals surface area contributed by atoms with E-state index in [1.54, 1.807) is 0 Å². The molecule has 8 heteroatoms. The maximum atomic E-state index is 11.7. The van der Waals surface area contributed by atoms with Gasteiger partial charge in [0, 0.05) is 13.1 Å². The van der Waals surface area contributed by atoms with Crippen LogP contribution in [0, 0.1) is 0 Å². The van der Waals surface area contributed by atoms with Gasteiger partial charge in [0.15, 0.2) is 0 Å². The van der Waals surface area contributed by atoms with E-state index in [-0.39, 0.29) is 31.4 Å². The van der Waals surface area contributed by atoms with Crippen molar-refractivity contribution in [3.63, 3.8) is 0 Å². The third-order valence-electron chi connectivity index (χ3n) is 2.42. The Morgan fingerprint density at radius 3 is 2.40 bits per heavy atom. The largest absolute Gasteiger partial charge is 0.353 e. The van der Waals surface area contributed by atoms with E-state index in [9.17, 15) is 13.2 Å². The lowest BCUT2D eigenvalue weighted by atomic mass is 10.1. The third kappa shape index (κ3) is 8.11. The number of amides is 1. The van der Waals surface area contributed by atoms with Crippen LogP contribution in [0.25, 0.3) is 0 Å². The molecule has 20 heavy (non-hydrogen) atoms. The fraction of sp³-hybridized carbons (Fsp3) is 0.417. The van der Waals surface area contributed by atoms with Gasteiger partial charge in [-0.1, -0.05) is 30.3 Å². The lowest BCUT2D eigenvalue weighted by Gasteiger charge is -2.12. The summed E-state index contributed by atoms with van der Waals surface area (Å²) in [7, 11) is -3.22. The van der Waals surface area contributed by atoms with E-state index in [4.69, 9.17) is 5.73 Å². The Hall–Kier alpha value is -1.15. The zero-order valence-electron chi connectivity index (χ0n) is 11.2. The Kier molecular flexibility index (Phi) is 8.40. The van der Waals surface area contributed by atoms with Crippen molar-refractivity contribution in [2.24, 2.45) is 5.73 Å². The maximum Gasteiger partial charge on any atom is 0.237 e. The second-order valence-electron chi connectivity index (χ2n) is 4.25. The summed E-state index contributed by atoms with van der Waals surface area (Å²) in [5.74, 6) is -0.292. The van der Waals surface area contributed by atoms with Crippen molar-refractivity contribution in [2.45, 2.75) is 12.5 Å². The number of carbonyl (C=O) groups excluding carboxylic acids is 1. The van der Waals surface area contributed by atoms with Gasteiger partial charge in [-0.2, -0.15) is 0 Å². The van der Waals surface area contributed by atoms with Gasteiger partial charge in [0.2, 0.25) is 15.9 Å². The summed E-state index contributed by atoms with van der Waals surface area (Å²) in [5.41, 5.74) is 6.75. The predicted molar refractivity (Wildman–Crippen MR) is 81.2 cm³/mol. The van der Waals surface area contributed by atoms with E-state index >= 15 is 0 Å². The monoisotopic (exact) mass is 321 g/mol. The predicted octanol–water partition coefficient (Wildman–Crippen LogP) is -0.356. The molecule has 1 atom stereocenters. The zero-order valence-corrected chi connectivity index (χ0v) is 12.8. The quantitative estimate of drug-likeness (QED) is 0.597. The van der Waals surface area contributed by atoms with E-state index in [1.165, 1.54) is 0 Å². The highest BCUT2D eigenvalue weighted by Gasteiger charge is 2.13. The highest BCUT2D eigenvalue weighted by molar-refractivity contribution is 7.88. The van der Waals surface area contributed by atoms with E-state index in [2.05, 4.69) is 10.0 Å². The number of hydrogen-bond donors (Lipinski definition) is 3. The van der Waals surface area contributed by atoms with E-state index in [1.807, 2.05) is 30.3 Å². The standard InChI is InChI=1S/C12H19N3O3S.ClH/c1-19(17,18)15-8-7-14-12(16)11(13)9-10-5-3-2-4-6-10;/h2-6,11,15H,7-9,13H2,1H3,(H,14,16);1H. The smallest absolute Gasteiger partial charge is 0.237 e. The molecule has 1 aromatic rings. The van der Waals surface area contributed by atoms with Crippen molar-refractivity contribution in [2.75, 3.05) is 19.3 Å². The molecule has 0 aliphatic heterocycles. The molecule has 4 N–H and O–H groups in total. The van der Waals surface area contributed by atoms with E-state index in [0.717, 1.165) is 11.8 Å². The minimum atomic E-state index is -3.22. The number of sulfonamides is 1. The van der Waals surface area contributed by atoms with E-state index in [0.29, 0.717) is 6.42 Å². The summed E-state index contributed by atoms with van der Waals surface area (Å²) in [6.45, 7) is 0.372. The molecule has 0 spiro atoms. The van der Waals surface area contributed by atoms with Crippen molar-refractivity contribution >= 4 is 28.3 Å². The van der Waals surface area contributed by atoms with Gasteiger partial charge in [-0.25, -0.2) is 13.1 Å². The van der Waals surface area contributed by atoms with Gasteiger partial charge in [0.25, 0.3) is 0 Å². The van der Waals surface area contributed by atoms with Gasteiger partial charge in [-0.05, 0) is 12.0 Å². The lowest BCUT2D eigenvalue weighted by Crippen LogP contribution is -2.44. The molecule has 1 unspecified atom stereocenters. The topological polar surface area (TPSA) is 101 Å². The number of carbonyl (C=O) groups is 1. The fourth-order valence-electron chi connectivity index (χ4n) is 1.51. The molecule has 0 saturated heterocycles. The van der Waals surface area contributed by atoms with Crippen molar-refractivity contribution in [3.05, 3.63) is 35.9 Å². The summed E-state index contributed by atoms with van der Waals surface area (Å²) >= 11 is 0. The normalized spacial score (nSPS) is 12.3. The van der Waals surface area contributed by atoms with Crippen LogP contribution in [0.3, 0.4) is 0 Å². The van der Waals surface area contributed by atoms with Crippen LogP contribution >= 0.6 is 12.4 Å². The molecule has 1 amide bonds. The first-order valence-electron chi connectivity index (χ1n) is 5.90. The van der Waals surface area contributed by atoms with Crippen LogP contribution in [-0.4, -0.2) is 39.7 Å². The van der Waals surface area contributed by atoms with Crippen LogP contribution < -0.4 is 15.8 Å². The van der Waals surface area contributed by atoms with Crippen molar-refractivity contribution in [1.82, 2.24) is 10.0 Å². The van der Waals surface area contributed by atoms with Gasteiger partial charge in [0.05, 0.1) is 12.3 Å². The van der Waals surface area contributed by atoms with Gasteiger partial charge in [-0.15, -0.1) is 12.4 Å². The minimum Gasteiger partial charge on any atom is -0.353 e. The van der Waals surface area contributed by atoms with Crippen LogP contribution in [-0.2, 0) is 21.2 Å². The van der Waals surface area contributed by atoms with E-state index < -0.39 is 16.1 Å². The molecule has 0 aromatic heterocycles. The summed E-state index contributed by atoms with van der Waals surface area (Å²) in [6, 6.07) is 8.83. The number of nitrogens with one attached hydrogen (secondary N) is 2. The van der Waals surface area contributed by atoms with Crippen LogP contribution in [0.15, 0.2) is 30.3 Å². The summed E-state index contributed by atoms with van der Waals surface area (Å²) in [6.07, 6.45) is 1.52. The number of rotatable bonds is 7. The zero-order chi connectivity index (χ0) is 14.3. The number of nitrogens with two attached hydrogens (primary N) is 1. The molecule has 114 valence electrons. The Balaban J connectivity index is 0.00000361. The minimum absolute atomic E-state index is 0. The third-order valence-corrected chi connectivity index (χ3v) is 3.15. The molecule has 0 aliphatic rings. The molecule has 1 aromatic carbocycles. The summed E-state index contributed by atoms with van der Waals surface area (Å²) < 4.78 is 23.9. The average Bonchev–Trinajstić information content (AvgIpc) is 2.34. The van der Waals surface area contributed by atoms with Crippen molar-refractivity contribution in [3.8, 4) is 0 Å². The van der Waals surface area contributed by atoms with Crippen LogP contribution in [0.2, 0.25) is 0 Å². The molecule has 0 radical (unpaired) electrons. The first-order chi connectivity index (χ1) is 8.88. The lowest BCUT2D eigenvalue weighted by molar-refractivity contribution is -0.122. The maximum absolute atomic E-state index is 11.7. The SMILES string of the molecule is CS(=O)(=O)NCCNC(=O)C(N)Cc1ccccc1.Cl. The average molecular weight is 322 g/mol. The van der Waals surface area contributed by atoms with Gasteiger partial charge in [-0.3, -0.25) is 4.79 Å². The molecule has 0 fully saturated rings. The second kappa shape index (κ2) is 8.91. The summed E-state index contributed by atoms with van der Waals surface area (Å²) in [5, 5.41) is 2.58. The highest BCUT2D eigenvalue weighted by Crippen LogP contribution is 2.01. The summed E-state index contributed by atoms with van der Waals surface area (Å²) in [4.78, 5) is 11.7. The molecule has 0 saturated carbocycles. The molecule has 0 aliphatic carbocycles. The Labute approximate surface area is 125 Å². The fourth-order valence-corrected chi connectivity index (χ4v) is 1.99. The first kappa shape index (κ1) is 18.9. The van der Waals surface area contributed by atoms with Crippen molar-refractivity contribution in [1.29, 1.82) is 0 Å². The molecule has 0 heterocycles. The molecule has 0 bridgehead atoms. The Morgan fingerprint density at radius 2 is 1.85 bits per heavy atom. The van der Waals surface area contributed by atoms with Crippen LogP contribution in [0.4, 0.5) is 0 Å². The van der Waals surface area contributed by atoms with Crippen LogP contribution in [0.5, 0.6) is 0 Å². The molecule has 1 rings (SSSR count). The van der Waals surface area contributed by atoms with Gasteiger partial charge < -0.3 is 11.1 Å². The first-order valence-corrected chi connectivity index (χ1v) is 7.79. The Morgan fingerprint density at radius 1 is 1.25 bits per heavy atom. The highest BCUT2D eigenvalue weighted by atomic mass is 35.5. The molecule has 6 nitrogen and oxygen atoms in total. The molecular formula is C12H20ClN3O3S. The van der Waals surface area contributed by atoms with Gasteiger partial charge in [0.1, 0.15) is 0 Å². The van der Waals surface area contributed by atoms with Crippen molar-refractivity contribution < 1.29 is 13.2 Å². The Bertz CT molecular complexity index is 508. The number of hydrogen-bond acceptors (Lipinski definition) is 4. The number of benzene rings is 1. The molecular weight excluding hydrogens is 302 g/mol.